The maximum absolute atomic E-state index is 14.6. The standard InChI is InChI=1S/C49H50O9/c1-29(27-50)38-18-14-30-12-15-33(16-13-30)39-19-17-35(34-11-7-10-32(23-34)22-31-8-5-4-6-9-31)24-36(39)25-42(52)56-46-44-41(58-49(2,3)47(46)57-48(38)54)21-20-40-37(28-51)26-43(53)55-45(40)44/h4-13,15-16,20-21,23,26,35-36,39,46-47,50-51H,14,17-19,22,24-25,27-28H2,1-3H3. The molecule has 0 saturated heterocycles. The van der Waals surface area contributed by atoms with Crippen LogP contribution in [-0.4, -0.2) is 40.5 Å². The first-order valence-corrected chi connectivity index (χ1v) is 20.3. The van der Waals surface area contributed by atoms with Gasteiger partial charge in [0.1, 0.15) is 16.9 Å². The topological polar surface area (TPSA) is 133 Å². The van der Waals surface area contributed by atoms with Gasteiger partial charge >= 0.3 is 17.6 Å². The van der Waals surface area contributed by atoms with Crippen LogP contribution in [0.2, 0.25) is 0 Å². The Labute approximate surface area is 338 Å². The van der Waals surface area contributed by atoms with Crippen LogP contribution in [0.4, 0.5) is 0 Å². The molecule has 1 saturated carbocycles. The van der Waals surface area contributed by atoms with Crippen LogP contribution in [0, 0.1) is 5.92 Å². The first-order valence-electron chi connectivity index (χ1n) is 20.3. The molecule has 2 bridgehead atoms. The van der Waals surface area contributed by atoms with Gasteiger partial charge in [0.05, 0.1) is 18.8 Å². The lowest BCUT2D eigenvalue weighted by molar-refractivity contribution is -0.188. The lowest BCUT2D eigenvalue weighted by Crippen LogP contribution is -2.52. The van der Waals surface area contributed by atoms with Crippen molar-refractivity contribution in [1.29, 1.82) is 0 Å². The Hall–Kier alpha value is -5.51. The van der Waals surface area contributed by atoms with Crippen molar-refractivity contribution in [2.45, 2.75) is 102 Å². The summed E-state index contributed by atoms with van der Waals surface area (Å²) < 4.78 is 25.1. The summed E-state index contributed by atoms with van der Waals surface area (Å²) in [5.74, 6) is -0.562. The van der Waals surface area contributed by atoms with E-state index in [2.05, 4.69) is 72.8 Å². The van der Waals surface area contributed by atoms with Crippen molar-refractivity contribution in [2.24, 2.45) is 5.92 Å². The zero-order valence-corrected chi connectivity index (χ0v) is 33.2. The molecule has 4 heterocycles. The number of carbonyl (C=O) groups excluding carboxylic acids is 2. The van der Waals surface area contributed by atoms with Crippen molar-refractivity contribution in [3.63, 3.8) is 0 Å². The lowest BCUT2D eigenvalue weighted by Gasteiger charge is -2.43. The number of aliphatic hydroxyl groups excluding tert-OH is 2. The van der Waals surface area contributed by atoms with Gasteiger partial charge in [-0.25, -0.2) is 9.59 Å². The summed E-state index contributed by atoms with van der Waals surface area (Å²) in [5.41, 5.74) is 5.54. The van der Waals surface area contributed by atoms with Gasteiger partial charge in [-0.15, -0.1) is 0 Å². The average Bonchev–Trinajstić information content (AvgIpc) is 3.21. The number of fused-ring (bicyclic) bond motifs is 11. The van der Waals surface area contributed by atoms with E-state index in [9.17, 15) is 24.6 Å². The normalized spacial score (nSPS) is 24.1. The fraction of sp³-hybridized carbons (Fsp3) is 0.367. The molecule has 4 aliphatic rings. The molecule has 300 valence electrons. The highest BCUT2D eigenvalue weighted by Crippen LogP contribution is 2.49. The predicted octanol–water partition coefficient (Wildman–Crippen LogP) is 8.56. The number of carbonyl (C=O) groups is 2. The summed E-state index contributed by atoms with van der Waals surface area (Å²) in [5, 5.41) is 20.8. The number of rotatable bonds is 5. The second-order valence-corrected chi connectivity index (χ2v) is 16.7. The molecule has 0 spiro atoms. The third-order valence-electron chi connectivity index (χ3n) is 12.4. The Morgan fingerprint density at radius 1 is 0.810 bits per heavy atom. The molecule has 1 aliphatic carbocycles. The molecular weight excluding hydrogens is 733 g/mol. The minimum Gasteiger partial charge on any atom is -0.483 e. The minimum absolute atomic E-state index is 0.0655. The highest BCUT2D eigenvalue weighted by Gasteiger charge is 2.51. The first kappa shape index (κ1) is 39.3. The number of hydrogen-bond donors (Lipinski definition) is 2. The van der Waals surface area contributed by atoms with Crippen LogP contribution >= 0.6 is 0 Å². The number of aliphatic hydroxyl groups is 2. The van der Waals surface area contributed by atoms with Gasteiger partial charge in [0.15, 0.2) is 12.2 Å². The molecule has 1 fully saturated rings. The zero-order valence-electron chi connectivity index (χ0n) is 33.2. The smallest absolute Gasteiger partial charge is 0.336 e. The number of ether oxygens (including phenoxy) is 3. The number of aryl methyl sites for hydroxylation is 1. The largest absolute Gasteiger partial charge is 0.483 e. The van der Waals surface area contributed by atoms with Crippen LogP contribution in [0.25, 0.3) is 11.0 Å². The van der Waals surface area contributed by atoms with E-state index in [1.54, 1.807) is 32.9 Å². The maximum Gasteiger partial charge on any atom is 0.336 e. The van der Waals surface area contributed by atoms with E-state index >= 15 is 0 Å². The molecule has 5 unspecified atom stereocenters. The molecule has 9 heteroatoms. The van der Waals surface area contributed by atoms with E-state index < -0.39 is 42.0 Å². The molecule has 4 aromatic carbocycles. The van der Waals surface area contributed by atoms with Gasteiger partial charge in [-0.05, 0) is 128 Å². The van der Waals surface area contributed by atoms with Gasteiger partial charge in [-0.1, -0.05) is 78.9 Å². The summed E-state index contributed by atoms with van der Waals surface area (Å²) in [6.07, 6.45) is 2.02. The molecule has 0 radical (unpaired) electrons. The summed E-state index contributed by atoms with van der Waals surface area (Å²) in [6.45, 7) is 4.45. The van der Waals surface area contributed by atoms with Crippen molar-refractivity contribution in [2.75, 3.05) is 6.61 Å². The Morgan fingerprint density at radius 3 is 2.34 bits per heavy atom. The third kappa shape index (κ3) is 7.98. The Morgan fingerprint density at radius 2 is 1.59 bits per heavy atom. The van der Waals surface area contributed by atoms with E-state index in [1.165, 1.54) is 22.8 Å². The number of esters is 2. The zero-order chi connectivity index (χ0) is 40.6. The monoisotopic (exact) mass is 782 g/mol. The van der Waals surface area contributed by atoms with E-state index in [0.29, 0.717) is 40.7 Å². The molecule has 5 aromatic rings. The minimum atomic E-state index is -1.23. The summed E-state index contributed by atoms with van der Waals surface area (Å²) in [4.78, 5) is 41.7. The summed E-state index contributed by atoms with van der Waals surface area (Å²) in [6, 6.07) is 32.3. The third-order valence-corrected chi connectivity index (χ3v) is 12.4. The van der Waals surface area contributed by atoms with Crippen molar-refractivity contribution in [3.8, 4) is 5.75 Å². The summed E-state index contributed by atoms with van der Waals surface area (Å²) in [7, 11) is 0. The molecule has 9 nitrogen and oxygen atoms in total. The van der Waals surface area contributed by atoms with Gasteiger partial charge in [0.25, 0.3) is 0 Å². The molecule has 58 heavy (non-hydrogen) atoms. The molecule has 5 atom stereocenters. The van der Waals surface area contributed by atoms with Gasteiger partial charge in [-0.2, -0.15) is 0 Å². The molecule has 2 N–H and O–H groups in total. The Balaban J connectivity index is 1.20. The first-order chi connectivity index (χ1) is 28.0. The predicted molar refractivity (Wildman–Crippen MR) is 220 cm³/mol. The van der Waals surface area contributed by atoms with Gasteiger partial charge in [0, 0.05) is 23.4 Å². The molecule has 0 amide bonds. The van der Waals surface area contributed by atoms with Crippen LogP contribution in [0.5, 0.6) is 5.75 Å². The second-order valence-electron chi connectivity index (χ2n) is 16.7. The molecule has 9 rings (SSSR count). The molecule has 3 aliphatic heterocycles. The van der Waals surface area contributed by atoms with E-state index in [4.69, 9.17) is 18.6 Å². The van der Waals surface area contributed by atoms with E-state index in [1.807, 2.05) is 6.07 Å². The fourth-order valence-corrected chi connectivity index (χ4v) is 9.36. The highest BCUT2D eigenvalue weighted by atomic mass is 16.6. The van der Waals surface area contributed by atoms with Crippen molar-refractivity contribution in [3.05, 3.63) is 158 Å². The lowest BCUT2D eigenvalue weighted by atomic mass is 9.68. The quantitative estimate of drug-likeness (QED) is 0.102. The van der Waals surface area contributed by atoms with Crippen LogP contribution < -0.4 is 10.4 Å². The van der Waals surface area contributed by atoms with E-state index in [0.717, 1.165) is 36.8 Å². The van der Waals surface area contributed by atoms with Gasteiger partial charge in [0.2, 0.25) is 0 Å². The van der Waals surface area contributed by atoms with Crippen LogP contribution in [0.1, 0.15) is 110 Å². The Bertz CT molecular complexity index is 2410. The molecular formula is C49H50O9. The van der Waals surface area contributed by atoms with Crippen molar-refractivity contribution < 1.29 is 38.4 Å². The fourth-order valence-electron chi connectivity index (χ4n) is 9.36. The Kier molecular flexibility index (Phi) is 11.1. The molecule has 1 aromatic heterocycles. The number of hydrogen-bond acceptors (Lipinski definition) is 9. The van der Waals surface area contributed by atoms with Gasteiger partial charge < -0.3 is 28.8 Å². The maximum atomic E-state index is 14.6. The van der Waals surface area contributed by atoms with Gasteiger partial charge in [-0.3, -0.25) is 4.79 Å². The van der Waals surface area contributed by atoms with Crippen molar-refractivity contribution >= 4 is 22.9 Å². The number of benzene rings is 4. The summed E-state index contributed by atoms with van der Waals surface area (Å²) >= 11 is 0. The van der Waals surface area contributed by atoms with Crippen LogP contribution in [0.3, 0.4) is 0 Å². The van der Waals surface area contributed by atoms with Crippen LogP contribution in [-0.2, 0) is 38.5 Å². The van der Waals surface area contributed by atoms with Crippen LogP contribution in [0.15, 0.2) is 117 Å². The average molecular weight is 783 g/mol. The van der Waals surface area contributed by atoms with Crippen molar-refractivity contribution in [1.82, 2.24) is 0 Å². The highest BCUT2D eigenvalue weighted by molar-refractivity contribution is 5.90. The van der Waals surface area contributed by atoms with E-state index in [-0.39, 0.29) is 41.9 Å². The SMILES string of the molecule is CC(CO)=C1CCc2ccc(cc2)C2CCC(c3cccc(Cc4ccccc4)c3)CC2CC(=O)OC2c3c(ccc4c(CO)cc(=O)oc34)OC(C)(C)C2OC1=O. The second kappa shape index (κ2) is 16.4.